The predicted octanol–water partition coefficient (Wildman–Crippen LogP) is 3.50. The van der Waals surface area contributed by atoms with Gasteiger partial charge in [0, 0.05) is 19.2 Å². The van der Waals surface area contributed by atoms with Gasteiger partial charge in [-0.25, -0.2) is 0 Å². The zero-order valence-electron chi connectivity index (χ0n) is 15.7. The molecule has 1 aliphatic heterocycles. The van der Waals surface area contributed by atoms with Crippen molar-refractivity contribution < 1.29 is 14.7 Å². The number of carbonyl (C=O) groups excluding carboxylic acids is 1. The Morgan fingerprint density at radius 1 is 1.00 bits per heavy atom. The molecule has 0 aromatic rings. The van der Waals surface area contributed by atoms with Crippen molar-refractivity contribution in [3.63, 3.8) is 0 Å². The average Bonchev–Trinajstić information content (AvgIpc) is 2.55. The maximum Gasteiger partial charge on any atom is 0.300 e. The van der Waals surface area contributed by atoms with Crippen molar-refractivity contribution in [2.45, 2.75) is 72.1 Å². The lowest BCUT2D eigenvalue weighted by atomic mass is 9.89. The van der Waals surface area contributed by atoms with E-state index >= 15 is 0 Å². The first kappa shape index (κ1) is 22.6. The van der Waals surface area contributed by atoms with E-state index in [9.17, 15) is 4.79 Å². The number of nitrogens with one attached hydrogen (secondary N) is 2. The van der Waals surface area contributed by atoms with Gasteiger partial charge in [-0.3, -0.25) is 9.59 Å². The molecule has 3 N–H and O–H groups in total. The van der Waals surface area contributed by atoms with Gasteiger partial charge in [0.05, 0.1) is 0 Å². The van der Waals surface area contributed by atoms with Crippen LogP contribution in [0.5, 0.6) is 0 Å². The van der Waals surface area contributed by atoms with E-state index in [2.05, 4.69) is 10.6 Å². The first-order valence-corrected chi connectivity index (χ1v) is 9.24. The van der Waals surface area contributed by atoms with Gasteiger partial charge in [0.15, 0.2) is 5.78 Å². The molecule has 1 saturated carbocycles. The summed E-state index contributed by atoms with van der Waals surface area (Å²) in [5, 5.41) is 14.0. The number of carboxylic acid groups (broad SMARTS) is 1. The molecule has 140 valence electrons. The van der Waals surface area contributed by atoms with Crippen molar-refractivity contribution >= 4 is 11.8 Å². The highest BCUT2D eigenvalue weighted by atomic mass is 16.4. The molecule has 0 aromatic carbocycles. The molecule has 5 nitrogen and oxygen atoms in total. The molecular weight excluding hydrogens is 304 g/mol. The molecule has 1 saturated heterocycles. The van der Waals surface area contributed by atoms with Crippen LogP contribution in [0.25, 0.3) is 0 Å². The Kier molecular flexibility index (Phi) is 14.3. The van der Waals surface area contributed by atoms with E-state index < -0.39 is 5.97 Å². The molecule has 0 spiro atoms. The summed E-state index contributed by atoms with van der Waals surface area (Å²) in [5.74, 6) is 0.109. The van der Waals surface area contributed by atoms with E-state index in [1.165, 1.54) is 64.5 Å². The normalized spacial score (nSPS) is 18.4. The maximum absolute atomic E-state index is 10.8. The molecule has 0 unspecified atom stereocenters. The van der Waals surface area contributed by atoms with Crippen LogP contribution in [-0.4, -0.2) is 36.5 Å². The van der Waals surface area contributed by atoms with Gasteiger partial charge in [-0.05, 0) is 64.6 Å². The van der Waals surface area contributed by atoms with Crippen LogP contribution in [0.3, 0.4) is 0 Å². The fraction of sp³-hybridized carbons (Fsp3) is 0.789. The highest BCUT2D eigenvalue weighted by molar-refractivity contribution is 5.87. The smallest absolute Gasteiger partial charge is 0.300 e. The Hall–Kier alpha value is -1.36. The van der Waals surface area contributed by atoms with Crippen molar-refractivity contribution in [3.05, 3.63) is 11.8 Å². The minimum absolute atomic E-state index is 0.124. The standard InChI is InChI=1S/C12H21NO.C5H11N.C2H4O2/c1-10(8-11(2)14)13-9-12-6-4-3-5-7-12;1-2-4-6-5-3-1;1-2(3)4/h8,12-13H,3-7,9H2,1-2H3;6H,1-5H2;1H3,(H,3,4). The Morgan fingerprint density at radius 3 is 1.88 bits per heavy atom. The van der Waals surface area contributed by atoms with Gasteiger partial charge < -0.3 is 15.7 Å². The van der Waals surface area contributed by atoms with Crippen LogP contribution in [0.15, 0.2) is 11.8 Å². The van der Waals surface area contributed by atoms with Crippen LogP contribution < -0.4 is 10.6 Å². The van der Waals surface area contributed by atoms with Crippen molar-refractivity contribution in [1.29, 1.82) is 0 Å². The summed E-state index contributed by atoms with van der Waals surface area (Å²) in [6.45, 7) is 8.17. The summed E-state index contributed by atoms with van der Waals surface area (Å²) in [6.07, 6.45) is 12.7. The molecule has 0 bridgehead atoms. The van der Waals surface area contributed by atoms with Crippen molar-refractivity contribution in [1.82, 2.24) is 10.6 Å². The third-order valence-electron chi connectivity index (χ3n) is 4.02. The number of rotatable bonds is 4. The topological polar surface area (TPSA) is 78.4 Å². The summed E-state index contributed by atoms with van der Waals surface area (Å²) >= 11 is 0. The number of hydrogen-bond acceptors (Lipinski definition) is 4. The highest BCUT2D eigenvalue weighted by Crippen LogP contribution is 2.22. The monoisotopic (exact) mass is 340 g/mol. The van der Waals surface area contributed by atoms with Crippen molar-refractivity contribution in [2.24, 2.45) is 5.92 Å². The lowest BCUT2D eigenvalue weighted by Gasteiger charge is -2.22. The Morgan fingerprint density at radius 2 is 1.50 bits per heavy atom. The molecule has 2 rings (SSSR count). The average molecular weight is 341 g/mol. The SMILES string of the molecule is C1CCNCC1.CC(=O)C=C(C)NCC1CCCCC1.CC(=O)O. The first-order valence-electron chi connectivity index (χ1n) is 9.24. The minimum Gasteiger partial charge on any atom is -0.481 e. The number of ketones is 1. The second-order valence-corrected chi connectivity index (χ2v) is 6.65. The minimum atomic E-state index is -0.833. The zero-order chi connectivity index (χ0) is 18.2. The van der Waals surface area contributed by atoms with Crippen LogP contribution in [0.2, 0.25) is 0 Å². The molecule has 1 aliphatic carbocycles. The summed E-state index contributed by atoms with van der Waals surface area (Å²) in [5.41, 5.74) is 1.00. The second-order valence-electron chi connectivity index (χ2n) is 6.65. The number of hydrogen-bond donors (Lipinski definition) is 3. The third kappa shape index (κ3) is 17.0. The molecule has 0 radical (unpaired) electrons. The molecule has 0 atom stereocenters. The molecular formula is C19H36N2O3. The lowest BCUT2D eigenvalue weighted by Crippen LogP contribution is -2.23. The third-order valence-corrected chi connectivity index (χ3v) is 4.02. The fourth-order valence-electron chi connectivity index (χ4n) is 2.85. The van der Waals surface area contributed by atoms with Crippen LogP contribution in [0.4, 0.5) is 0 Å². The van der Waals surface area contributed by atoms with E-state index in [1.807, 2.05) is 6.92 Å². The van der Waals surface area contributed by atoms with Crippen LogP contribution in [-0.2, 0) is 9.59 Å². The van der Waals surface area contributed by atoms with Crippen LogP contribution in [0.1, 0.15) is 72.1 Å². The van der Waals surface area contributed by atoms with E-state index in [-0.39, 0.29) is 5.78 Å². The molecule has 5 heteroatoms. The summed E-state index contributed by atoms with van der Waals surface area (Å²) in [7, 11) is 0. The van der Waals surface area contributed by atoms with Gasteiger partial charge in [0.1, 0.15) is 0 Å². The molecule has 0 amide bonds. The number of carboxylic acids is 1. The number of allylic oxidation sites excluding steroid dienone is 2. The summed E-state index contributed by atoms with van der Waals surface area (Å²) < 4.78 is 0. The number of aliphatic carboxylic acids is 1. The predicted molar refractivity (Wildman–Crippen MR) is 99.0 cm³/mol. The number of piperidine rings is 1. The summed E-state index contributed by atoms with van der Waals surface area (Å²) in [4.78, 5) is 19.8. The van der Waals surface area contributed by atoms with Crippen LogP contribution >= 0.6 is 0 Å². The van der Waals surface area contributed by atoms with Gasteiger partial charge >= 0.3 is 0 Å². The molecule has 24 heavy (non-hydrogen) atoms. The van der Waals surface area contributed by atoms with Gasteiger partial charge in [0.25, 0.3) is 5.97 Å². The van der Waals surface area contributed by atoms with Gasteiger partial charge in [-0.1, -0.05) is 25.7 Å². The Balaban J connectivity index is 0.000000433. The molecule has 2 aliphatic rings. The molecule has 2 fully saturated rings. The van der Waals surface area contributed by atoms with Gasteiger partial charge in [-0.15, -0.1) is 0 Å². The van der Waals surface area contributed by atoms with Gasteiger partial charge in [-0.2, -0.15) is 0 Å². The first-order chi connectivity index (χ1) is 11.4. The Labute approximate surface area is 147 Å². The van der Waals surface area contributed by atoms with E-state index in [1.54, 1.807) is 13.0 Å². The fourth-order valence-corrected chi connectivity index (χ4v) is 2.85. The lowest BCUT2D eigenvalue weighted by molar-refractivity contribution is -0.134. The van der Waals surface area contributed by atoms with Crippen molar-refractivity contribution in [3.8, 4) is 0 Å². The number of carbonyl (C=O) groups is 2. The van der Waals surface area contributed by atoms with Crippen LogP contribution in [0, 0.1) is 5.92 Å². The van der Waals surface area contributed by atoms with Gasteiger partial charge in [0.2, 0.25) is 0 Å². The van der Waals surface area contributed by atoms with E-state index in [4.69, 9.17) is 9.90 Å². The largest absolute Gasteiger partial charge is 0.481 e. The maximum atomic E-state index is 10.8. The summed E-state index contributed by atoms with van der Waals surface area (Å²) in [6, 6.07) is 0. The second kappa shape index (κ2) is 15.2. The molecule has 1 heterocycles. The van der Waals surface area contributed by atoms with Crippen molar-refractivity contribution in [2.75, 3.05) is 19.6 Å². The highest BCUT2D eigenvalue weighted by Gasteiger charge is 2.12. The van der Waals surface area contributed by atoms with E-state index in [0.29, 0.717) is 0 Å². The zero-order valence-corrected chi connectivity index (χ0v) is 15.7. The van der Waals surface area contributed by atoms with E-state index in [0.717, 1.165) is 25.1 Å². The Bertz CT molecular complexity index is 355. The molecule has 0 aromatic heterocycles. The quantitative estimate of drug-likeness (QED) is 0.683.